The van der Waals surface area contributed by atoms with Gasteiger partial charge in [-0.1, -0.05) is 41.5 Å². The summed E-state index contributed by atoms with van der Waals surface area (Å²) in [7, 11) is -1.72. The highest BCUT2D eigenvalue weighted by molar-refractivity contribution is 8.02. The van der Waals surface area contributed by atoms with Crippen LogP contribution >= 0.6 is 11.8 Å². The second-order valence-electron chi connectivity index (χ2n) is 6.68. The molecule has 0 aliphatic heterocycles. The molecule has 0 heterocycles. The van der Waals surface area contributed by atoms with Crippen LogP contribution in [0, 0.1) is 5.41 Å². The van der Waals surface area contributed by atoms with Gasteiger partial charge in [-0.3, -0.25) is 0 Å². The first kappa shape index (κ1) is 17.3. The summed E-state index contributed by atoms with van der Waals surface area (Å²) in [4.78, 5) is 0. The van der Waals surface area contributed by atoms with Gasteiger partial charge in [0, 0.05) is 9.49 Å². The molecule has 102 valence electrons. The Bertz CT molecular complexity index is 245. The summed E-state index contributed by atoms with van der Waals surface area (Å²) in [5.74, 6) is 0. The number of hydrogen-bond acceptors (Lipinski definition) is 4. The summed E-state index contributed by atoms with van der Waals surface area (Å²) in [6.45, 7) is 16.9. The average molecular weight is 262 g/mol. The van der Waals surface area contributed by atoms with Crippen molar-refractivity contribution in [1.82, 2.24) is 0 Å². The SMILES string of the molecule is CC(OB(O)O)C(C)(SC(C)(C)C)C(C)(C)C. The van der Waals surface area contributed by atoms with E-state index < -0.39 is 7.32 Å². The maximum absolute atomic E-state index is 8.97. The van der Waals surface area contributed by atoms with Crippen LogP contribution in [-0.4, -0.2) is 33.0 Å². The first-order valence-electron chi connectivity index (χ1n) is 6.01. The molecule has 2 unspecified atom stereocenters. The first-order chi connectivity index (χ1) is 7.29. The summed E-state index contributed by atoms with van der Waals surface area (Å²) in [5, 5.41) is 17.9. The molecule has 0 fully saturated rings. The molecular formula is C12H27BO3S. The van der Waals surface area contributed by atoms with Crippen LogP contribution in [0.1, 0.15) is 55.4 Å². The lowest BCUT2D eigenvalue weighted by Gasteiger charge is -2.48. The fourth-order valence-corrected chi connectivity index (χ4v) is 3.59. The van der Waals surface area contributed by atoms with Crippen LogP contribution in [0.25, 0.3) is 0 Å². The molecule has 3 nitrogen and oxygen atoms in total. The predicted molar refractivity (Wildman–Crippen MR) is 75.9 cm³/mol. The molecule has 0 rings (SSSR count). The lowest BCUT2D eigenvalue weighted by molar-refractivity contribution is 0.0665. The van der Waals surface area contributed by atoms with Crippen molar-refractivity contribution in [3.8, 4) is 0 Å². The topological polar surface area (TPSA) is 49.7 Å². The minimum atomic E-state index is -1.72. The number of hydrogen-bond donors (Lipinski definition) is 2. The molecule has 0 saturated heterocycles. The fraction of sp³-hybridized carbons (Fsp3) is 1.00. The van der Waals surface area contributed by atoms with E-state index in [0.29, 0.717) is 0 Å². The quantitative estimate of drug-likeness (QED) is 0.765. The van der Waals surface area contributed by atoms with Gasteiger partial charge in [-0.25, -0.2) is 0 Å². The van der Waals surface area contributed by atoms with Gasteiger partial charge in [0.2, 0.25) is 0 Å². The van der Waals surface area contributed by atoms with Crippen molar-refractivity contribution in [1.29, 1.82) is 0 Å². The molecule has 2 N–H and O–H groups in total. The van der Waals surface area contributed by atoms with E-state index in [1.807, 2.05) is 18.7 Å². The molecule has 0 aliphatic rings. The van der Waals surface area contributed by atoms with E-state index in [9.17, 15) is 0 Å². The zero-order valence-electron chi connectivity index (χ0n) is 12.4. The Morgan fingerprint density at radius 3 is 1.65 bits per heavy atom. The van der Waals surface area contributed by atoms with E-state index in [4.69, 9.17) is 14.7 Å². The molecule has 17 heavy (non-hydrogen) atoms. The molecule has 0 bridgehead atoms. The van der Waals surface area contributed by atoms with Gasteiger partial charge in [0.15, 0.2) is 0 Å². The van der Waals surface area contributed by atoms with Gasteiger partial charge >= 0.3 is 7.32 Å². The van der Waals surface area contributed by atoms with Crippen LogP contribution in [0.5, 0.6) is 0 Å². The van der Waals surface area contributed by atoms with Crippen LogP contribution in [-0.2, 0) is 4.65 Å². The monoisotopic (exact) mass is 262 g/mol. The van der Waals surface area contributed by atoms with Crippen molar-refractivity contribution in [2.75, 3.05) is 0 Å². The van der Waals surface area contributed by atoms with E-state index in [1.165, 1.54) is 0 Å². The third-order valence-electron chi connectivity index (χ3n) is 3.11. The molecule has 0 saturated carbocycles. The standard InChI is InChI=1S/C12H27BO3S/c1-9(16-13(14)15)12(8,10(2,3)4)17-11(5,6)7/h9,14-15H,1-8H3. The smallest absolute Gasteiger partial charge is 0.402 e. The highest BCUT2D eigenvalue weighted by atomic mass is 32.2. The fourth-order valence-electron chi connectivity index (χ4n) is 1.79. The Balaban J connectivity index is 5.12. The highest BCUT2D eigenvalue weighted by Crippen LogP contribution is 2.50. The molecule has 0 aromatic heterocycles. The van der Waals surface area contributed by atoms with Crippen LogP contribution in [0.15, 0.2) is 0 Å². The molecule has 0 aromatic rings. The average Bonchev–Trinajstić information content (AvgIpc) is 1.96. The minimum absolute atomic E-state index is 0.0146. The molecular weight excluding hydrogens is 235 g/mol. The Morgan fingerprint density at radius 1 is 1.00 bits per heavy atom. The highest BCUT2D eigenvalue weighted by Gasteiger charge is 2.46. The minimum Gasteiger partial charge on any atom is -0.402 e. The molecule has 0 aliphatic carbocycles. The van der Waals surface area contributed by atoms with E-state index in [0.717, 1.165) is 0 Å². The van der Waals surface area contributed by atoms with Crippen molar-refractivity contribution in [3.05, 3.63) is 0 Å². The molecule has 0 spiro atoms. The predicted octanol–water partition coefficient (Wildman–Crippen LogP) is 2.70. The summed E-state index contributed by atoms with van der Waals surface area (Å²) >= 11 is 1.81. The Labute approximate surface area is 111 Å². The van der Waals surface area contributed by atoms with E-state index in [2.05, 4.69) is 48.5 Å². The Morgan fingerprint density at radius 2 is 1.41 bits per heavy atom. The molecule has 0 amide bonds. The third kappa shape index (κ3) is 5.20. The van der Waals surface area contributed by atoms with Gasteiger partial charge in [0.05, 0.1) is 6.10 Å². The van der Waals surface area contributed by atoms with Crippen LogP contribution in [0.2, 0.25) is 0 Å². The van der Waals surface area contributed by atoms with Gasteiger partial charge in [-0.15, -0.1) is 11.8 Å². The number of thioether (sulfide) groups is 1. The van der Waals surface area contributed by atoms with E-state index >= 15 is 0 Å². The van der Waals surface area contributed by atoms with E-state index in [1.54, 1.807) is 0 Å². The van der Waals surface area contributed by atoms with Gasteiger partial charge in [0.25, 0.3) is 0 Å². The van der Waals surface area contributed by atoms with Gasteiger partial charge in [0.1, 0.15) is 0 Å². The first-order valence-corrected chi connectivity index (χ1v) is 6.83. The summed E-state index contributed by atoms with van der Waals surface area (Å²) in [6.07, 6.45) is -0.258. The lowest BCUT2D eigenvalue weighted by atomic mass is 9.77. The van der Waals surface area contributed by atoms with Crippen molar-refractivity contribution in [2.45, 2.75) is 71.0 Å². The van der Waals surface area contributed by atoms with Gasteiger partial charge < -0.3 is 14.7 Å². The maximum atomic E-state index is 8.97. The Hall–Kier alpha value is 0.295. The number of rotatable bonds is 4. The largest absolute Gasteiger partial charge is 0.634 e. The van der Waals surface area contributed by atoms with Crippen LogP contribution in [0.3, 0.4) is 0 Å². The molecule has 0 radical (unpaired) electrons. The zero-order valence-corrected chi connectivity index (χ0v) is 13.2. The normalized spacial score (nSPS) is 18.7. The third-order valence-corrected chi connectivity index (χ3v) is 5.09. The van der Waals surface area contributed by atoms with Crippen molar-refractivity contribution < 1.29 is 14.7 Å². The van der Waals surface area contributed by atoms with Gasteiger partial charge in [-0.05, 0) is 19.3 Å². The zero-order chi connectivity index (χ0) is 14.1. The maximum Gasteiger partial charge on any atom is 0.634 e. The Kier molecular flexibility index (Phi) is 5.61. The lowest BCUT2D eigenvalue weighted by Crippen LogP contribution is -2.51. The van der Waals surface area contributed by atoms with Crippen LogP contribution in [0.4, 0.5) is 0 Å². The molecule has 2 atom stereocenters. The summed E-state index contributed by atoms with van der Waals surface area (Å²) in [6, 6.07) is 0. The molecule has 5 heteroatoms. The van der Waals surface area contributed by atoms with Crippen LogP contribution < -0.4 is 0 Å². The summed E-state index contributed by atoms with van der Waals surface area (Å²) < 4.78 is 5.05. The second kappa shape index (κ2) is 5.51. The van der Waals surface area contributed by atoms with Crippen molar-refractivity contribution in [2.24, 2.45) is 5.41 Å². The van der Waals surface area contributed by atoms with Crippen molar-refractivity contribution in [3.63, 3.8) is 0 Å². The van der Waals surface area contributed by atoms with Gasteiger partial charge in [-0.2, -0.15) is 0 Å². The molecule has 0 aromatic carbocycles. The second-order valence-corrected chi connectivity index (χ2v) is 8.95. The van der Waals surface area contributed by atoms with E-state index in [-0.39, 0.29) is 21.0 Å². The van der Waals surface area contributed by atoms with Crippen molar-refractivity contribution >= 4 is 19.1 Å². The summed E-state index contributed by atoms with van der Waals surface area (Å²) in [5.41, 5.74) is -0.0146.